The lowest BCUT2D eigenvalue weighted by atomic mass is 9.85. The van der Waals surface area contributed by atoms with Crippen LogP contribution in [0.3, 0.4) is 0 Å². The zero-order chi connectivity index (χ0) is 16.2. The molecule has 0 spiro atoms. The Morgan fingerprint density at radius 1 is 1.12 bits per heavy atom. The van der Waals surface area contributed by atoms with E-state index in [0.717, 1.165) is 37.7 Å². The van der Waals surface area contributed by atoms with E-state index in [4.69, 9.17) is 9.26 Å². The third kappa shape index (κ3) is 3.82. The summed E-state index contributed by atoms with van der Waals surface area (Å²) < 4.78 is 11.3. The highest BCUT2D eigenvalue weighted by Gasteiger charge is 2.26. The van der Waals surface area contributed by atoms with Crippen LogP contribution in [0.25, 0.3) is 11.5 Å². The Bertz CT molecular complexity index is 635. The molecule has 4 rings (SSSR count). The van der Waals surface area contributed by atoms with Crippen molar-refractivity contribution in [3.8, 4) is 11.5 Å². The second-order valence-corrected chi connectivity index (χ2v) is 6.85. The van der Waals surface area contributed by atoms with E-state index in [9.17, 15) is 0 Å². The van der Waals surface area contributed by atoms with E-state index < -0.39 is 0 Å². The zero-order valence-corrected chi connectivity index (χ0v) is 13.9. The lowest BCUT2D eigenvalue weighted by Gasteiger charge is -2.32. The molecule has 2 aromatic rings. The summed E-state index contributed by atoms with van der Waals surface area (Å²) >= 11 is 0. The molecule has 0 bridgehead atoms. The van der Waals surface area contributed by atoms with Gasteiger partial charge in [0.2, 0.25) is 11.7 Å². The van der Waals surface area contributed by atoms with Gasteiger partial charge in [-0.05, 0) is 43.7 Å². The standard InChI is InChI=1S/C18H24N4O2/c1-2-9-19-16(8-1)18-20-17(24-21-18)13-22(11-14-5-3-6-14)12-15-7-4-10-23-15/h1-2,8-9,14-15H,3-7,10-13H2. The highest BCUT2D eigenvalue weighted by Crippen LogP contribution is 2.28. The number of pyridine rings is 1. The minimum Gasteiger partial charge on any atom is -0.377 e. The van der Waals surface area contributed by atoms with Crippen LogP contribution in [0.15, 0.2) is 28.9 Å². The van der Waals surface area contributed by atoms with Gasteiger partial charge in [0.05, 0.1) is 12.6 Å². The highest BCUT2D eigenvalue weighted by molar-refractivity contribution is 5.46. The Morgan fingerprint density at radius 2 is 2.08 bits per heavy atom. The van der Waals surface area contributed by atoms with Gasteiger partial charge in [-0.25, -0.2) is 0 Å². The Labute approximate surface area is 142 Å². The predicted octanol–water partition coefficient (Wildman–Crippen LogP) is 2.91. The lowest BCUT2D eigenvalue weighted by molar-refractivity contribution is 0.0538. The minimum atomic E-state index is 0.350. The molecule has 1 saturated carbocycles. The van der Waals surface area contributed by atoms with Crippen LogP contribution in [0.1, 0.15) is 38.0 Å². The summed E-state index contributed by atoms with van der Waals surface area (Å²) in [6.07, 6.45) is 8.46. The molecule has 0 radical (unpaired) electrons. The molecule has 3 heterocycles. The number of hydrogen-bond acceptors (Lipinski definition) is 6. The van der Waals surface area contributed by atoms with Crippen molar-refractivity contribution in [2.45, 2.75) is 44.8 Å². The largest absolute Gasteiger partial charge is 0.377 e. The Balaban J connectivity index is 1.42. The van der Waals surface area contributed by atoms with Crippen LogP contribution in [0.2, 0.25) is 0 Å². The van der Waals surface area contributed by atoms with Gasteiger partial charge in [-0.1, -0.05) is 17.6 Å². The normalized spacial score (nSPS) is 21.3. The highest BCUT2D eigenvalue weighted by atomic mass is 16.5. The summed E-state index contributed by atoms with van der Waals surface area (Å²) in [6.45, 7) is 3.64. The average Bonchev–Trinajstić information content (AvgIpc) is 3.23. The molecule has 0 N–H and O–H groups in total. The second-order valence-electron chi connectivity index (χ2n) is 6.85. The van der Waals surface area contributed by atoms with Gasteiger partial charge in [0, 0.05) is 25.9 Å². The summed E-state index contributed by atoms with van der Waals surface area (Å²) in [7, 11) is 0. The number of nitrogens with zero attached hydrogens (tertiary/aromatic N) is 4. The van der Waals surface area contributed by atoms with Crippen molar-refractivity contribution in [3.05, 3.63) is 30.3 Å². The molecular formula is C18H24N4O2. The lowest BCUT2D eigenvalue weighted by Crippen LogP contribution is -2.37. The second kappa shape index (κ2) is 7.40. The third-order valence-electron chi connectivity index (χ3n) is 4.95. The van der Waals surface area contributed by atoms with Crippen LogP contribution in [0, 0.1) is 5.92 Å². The van der Waals surface area contributed by atoms with Gasteiger partial charge in [-0.15, -0.1) is 0 Å². The van der Waals surface area contributed by atoms with Crippen molar-refractivity contribution in [2.24, 2.45) is 5.92 Å². The molecule has 128 valence electrons. The van der Waals surface area contributed by atoms with E-state index >= 15 is 0 Å². The molecule has 1 unspecified atom stereocenters. The van der Waals surface area contributed by atoms with Crippen LogP contribution in [0.4, 0.5) is 0 Å². The van der Waals surface area contributed by atoms with Gasteiger partial charge < -0.3 is 9.26 Å². The smallest absolute Gasteiger partial charge is 0.241 e. The number of ether oxygens (including phenoxy) is 1. The molecule has 2 aliphatic rings. The summed E-state index contributed by atoms with van der Waals surface area (Å²) in [5, 5.41) is 4.08. The van der Waals surface area contributed by atoms with E-state index in [0.29, 0.717) is 24.4 Å². The molecule has 1 atom stereocenters. The third-order valence-corrected chi connectivity index (χ3v) is 4.95. The first-order chi connectivity index (χ1) is 11.9. The van der Waals surface area contributed by atoms with E-state index in [1.807, 2.05) is 18.2 Å². The van der Waals surface area contributed by atoms with E-state index in [2.05, 4.69) is 20.0 Å². The fourth-order valence-corrected chi connectivity index (χ4v) is 3.43. The molecule has 1 aliphatic heterocycles. The monoisotopic (exact) mass is 328 g/mol. The van der Waals surface area contributed by atoms with Crippen molar-refractivity contribution >= 4 is 0 Å². The van der Waals surface area contributed by atoms with Crippen molar-refractivity contribution in [2.75, 3.05) is 19.7 Å². The summed E-state index contributed by atoms with van der Waals surface area (Å²) in [5.41, 5.74) is 0.747. The maximum absolute atomic E-state index is 5.81. The first kappa shape index (κ1) is 15.7. The predicted molar refractivity (Wildman–Crippen MR) is 89.1 cm³/mol. The molecule has 0 aromatic carbocycles. The first-order valence-electron chi connectivity index (χ1n) is 8.95. The minimum absolute atomic E-state index is 0.350. The molecular weight excluding hydrogens is 304 g/mol. The molecule has 2 fully saturated rings. The quantitative estimate of drug-likeness (QED) is 0.779. The van der Waals surface area contributed by atoms with Gasteiger partial charge in [0.25, 0.3) is 0 Å². The van der Waals surface area contributed by atoms with Gasteiger partial charge in [-0.3, -0.25) is 9.88 Å². The molecule has 24 heavy (non-hydrogen) atoms. The maximum atomic E-state index is 5.81. The molecule has 0 amide bonds. The Morgan fingerprint density at radius 3 is 2.79 bits per heavy atom. The first-order valence-corrected chi connectivity index (χ1v) is 8.95. The Hall–Kier alpha value is -1.79. The van der Waals surface area contributed by atoms with E-state index in [-0.39, 0.29) is 0 Å². The molecule has 2 aromatic heterocycles. The summed E-state index contributed by atoms with van der Waals surface area (Å²) in [5.74, 6) is 2.03. The van der Waals surface area contributed by atoms with Crippen molar-refractivity contribution in [3.63, 3.8) is 0 Å². The Kier molecular flexibility index (Phi) is 4.85. The molecule has 1 aliphatic carbocycles. The summed E-state index contributed by atoms with van der Waals surface area (Å²) in [6, 6.07) is 5.71. The molecule has 6 heteroatoms. The van der Waals surface area contributed by atoms with Gasteiger partial charge in [0.1, 0.15) is 5.69 Å². The van der Waals surface area contributed by atoms with Crippen LogP contribution in [0.5, 0.6) is 0 Å². The summed E-state index contributed by atoms with van der Waals surface area (Å²) in [4.78, 5) is 11.2. The zero-order valence-electron chi connectivity index (χ0n) is 13.9. The number of aromatic nitrogens is 3. The van der Waals surface area contributed by atoms with Gasteiger partial charge in [0.15, 0.2) is 0 Å². The fraction of sp³-hybridized carbons (Fsp3) is 0.611. The van der Waals surface area contributed by atoms with Crippen LogP contribution < -0.4 is 0 Å². The van der Waals surface area contributed by atoms with Crippen molar-refractivity contribution in [1.82, 2.24) is 20.0 Å². The van der Waals surface area contributed by atoms with Crippen molar-refractivity contribution in [1.29, 1.82) is 0 Å². The maximum Gasteiger partial charge on any atom is 0.241 e. The van der Waals surface area contributed by atoms with Crippen LogP contribution in [-0.2, 0) is 11.3 Å². The SMILES string of the molecule is c1ccc(-c2noc(CN(CC3CCC3)CC3CCCO3)n2)nc1. The average molecular weight is 328 g/mol. The van der Waals surface area contributed by atoms with E-state index in [1.165, 1.54) is 25.7 Å². The topological polar surface area (TPSA) is 64.3 Å². The van der Waals surface area contributed by atoms with Crippen molar-refractivity contribution < 1.29 is 9.26 Å². The van der Waals surface area contributed by atoms with Crippen LogP contribution in [-0.4, -0.2) is 45.8 Å². The number of hydrogen-bond donors (Lipinski definition) is 0. The van der Waals surface area contributed by atoms with Crippen LogP contribution >= 0.6 is 0 Å². The molecule has 6 nitrogen and oxygen atoms in total. The van der Waals surface area contributed by atoms with E-state index in [1.54, 1.807) is 6.20 Å². The number of rotatable bonds is 7. The van der Waals surface area contributed by atoms with Gasteiger partial charge in [-0.2, -0.15) is 4.98 Å². The molecule has 1 saturated heterocycles. The van der Waals surface area contributed by atoms with Gasteiger partial charge >= 0.3 is 0 Å². The fourth-order valence-electron chi connectivity index (χ4n) is 3.43.